The average molecular weight is 305 g/mol. The fourth-order valence-electron chi connectivity index (χ4n) is 2.89. The molecule has 0 aliphatic heterocycles. The molecule has 1 saturated carbocycles. The van der Waals surface area contributed by atoms with Gasteiger partial charge in [-0.2, -0.15) is 18.3 Å². The normalized spacial score (nSPS) is 26.0. The Morgan fingerprint density at radius 3 is 2.90 bits per heavy atom. The molecule has 1 aromatic heterocycles. The van der Waals surface area contributed by atoms with E-state index in [1.54, 1.807) is 0 Å². The van der Waals surface area contributed by atoms with E-state index in [-0.39, 0.29) is 12.5 Å². The van der Waals surface area contributed by atoms with E-state index in [0.29, 0.717) is 12.8 Å². The predicted octanol–water partition coefficient (Wildman–Crippen LogP) is 1.96. The molecule has 0 spiro atoms. The molecule has 1 fully saturated rings. The van der Waals surface area contributed by atoms with Gasteiger partial charge in [-0.05, 0) is 31.2 Å². The number of methoxy groups -OCH3 is 1. The van der Waals surface area contributed by atoms with Crippen LogP contribution in [0.2, 0.25) is 0 Å². The fourth-order valence-corrected chi connectivity index (χ4v) is 2.89. The maximum absolute atomic E-state index is 12.5. The van der Waals surface area contributed by atoms with Gasteiger partial charge in [-0.15, -0.1) is 0 Å². The van der Waals surface area contributed by atoms with Crippen LogP contribution in [-0.2, 0) is 22.3 Å². The number of hydrogen-bond acceptors (Lipinski definition) is 4. The van der Waals surface area contributed by atoms with E-state index in [1.165, 1.54) is 18.0 Å². The van der Waals surface area contributed by atoms with Gasteiger partial charge < -0.3 is 10.5 Å². The van der Waals surface area contributed by atoms with E-state index >= 15 is 0 Å². The van der Waals surface area contributed by atoms with E-state index in [0.717, 1.165) is 18.9 Å². The minimum atomic E-state index is -4.44. The molecule has 5 nitrogen and oxygen atoms in total. The average Bonchev–Trinajstić information content (AvgIpc) is 3.02. The zero-order valence-electron chi connectivity index (χ0n) is 11.7. The summed E-state index contributed by atoms with van der Waals surface area (Å²) in [6.07, 6.45) is -0.555. The minimum absolute atomic E-state index is 0.108. The first-order valence-electron chi connectivity index (χ1n) is 6.75. The number of carbonyl (C=O) groups excluding carboxylic acids is 1. The van der Waals surface area contributed by atoms with Crippen molar-refractivity contribution in [1.29, 1.82) is 0 Å². The van der Waals surface area contributed by atoms with Crippen molar-refractivity contribution in [1.82, 2.24) is 9.78 Å². The van der Waals surface area contributed by atoms with Crippen LogP contribution in [0.15, 0.2) is 12.3 Å². The van der Waals surface area contributed by atoms with E-state index in [1.807, 2.05) is 0 Å². The van der Waals surface area contributed by atoms with Gasteiger partial charge in [-0.1, -0.05) is 6.42 Å². The molecule has 2 rings (SSSR count). The summed E-state index contributed by atoms with van der Waals surface area (Å²) in [5, 5.41) is 3.49. The molecule has 2 unspecified atom stereocenters. The van der Waals surface area contributed by atoms with Crippen LogP contribution in [0.5, 0.6) is 0 Å². The van der Waals surface area contributed by atoms with Crippen molar-refractivity contribution < 1.29 is 22.7 Å². The summed E-state index contributed by atoms with van der Waals surface area (Å²) in [4.78, 5) is 11.8. The lowest BCUT2D eigenvalue weighted by Crippen LogP contribution is -2.51. The summed E-state index contributed by atoms with van der Waals surface area (Å²) in [6, 6.07) is 0.935. The largest absolute Gasteiger partial charge is 0.468 e. The van der Waals surface area contributed by atoms with Gasteiger partial charge in [0.1, 0.15) is 5.54 Å². The molecule has 0 bridgehead atoms. The Morgan fingerprint density at radius 1 is 1.62 bits per heavy atom. The van der Waals surface area contributed by atoms with Crippen molar-refractivity contribution in [3.8, 4) is 0 Å². The molecule has 1 aliphatic carbocycles. The lowest BCUT2D eigenvalue weighted by molar-refractivity contribution is -0.148. The van der Waals surface area contributed by atoms with Gasteiger partial charge in [0.15, 0.2) is 5.69 Å². The highest BCUT2D eigenvalue weighted by atomic mass is 19.4. The minimum Gasteiger partial charge on any atom is -0.468 e. The van der Waals surface area contributed by atoms with Crippen molar-refractivity contribution in [2.45, 2.75) is 43.9 Å². The van der Waals surface area contributed by atoms with Crippen molar-refractivity contribution >= 4 is 5.97 Å². The maximum atomic E-state index is 12.5. The van der Waals surface area contributed by atoms with Gasteiger partial charge in [0.05, 0.1) is 7.11 Å². The number of halogens is 3. The number of aryl methyl sites for hydroxylation is 1. The molecule has 1 aliphatic rings. The number of esters is 1. The van der Waals surface area contributed by atoms with Crippen LogP contribution in [-0.4, -0.2) is 28.4 Å². The summed E-state index contributed by atoms with van der Waals surface area (Å²) in [5.41, 5.74) is 4.16. The molecule has 118 valence electrons. The molecule has 0 radical (unpaired) electrons. The van der Waals surface area contributed by atoms with Crippen LogP contribution in [0.4, 0.5) is 13.2 Å². The molecule has 0 aromatic carbocycles. The molecule has 2 atom stereocenters. The number of carbonyl (C=O) groups is 1. The molecule has 8 heteroatoms. The Kier molecular flexibility index (Phi) is 4.27. The number of rotatable bonds is 4. The lowest BCUT2D eigenvalue weighted by Gasteiger charge is -2.28. The molecule has 21 heavy (non-hydrogen) atoms. The number of alkyl halides is 3. The smallest absolute Gasteiger partial charge is 0.435 e. The van der Waals surface area contributed by atoms with Crippen LogP contribution >= 0.6 is 0 Å². The third-order valence-corrected chi connectivity index (χ3v) is 4.07. The first-order valence-corrected chi connectivity index (χ1v) is 6.75. The molecular formula is C13H18F3N3O2. The first kappa shape index (κ1) is 15.8. The Hall–Kier alpha value is -1.57. The van der Waals surface area contributed by atoms with Crippen LogP contribution < -0.4 is 5.73 Å². The number of nitrogens with zero attached hydrogens (tertiary/aromatic N) is 2. The topological polar surface area (TPSA) is 70.1 Å². The van der Waals surface area contributed by atoms with Crippen molar-refractivity contribution in [3.63, 3.8) is 0 Å². The van der Waals surface area contributed by atoms with Gasteiger partial charge in [0, 0.05) is 12.7 Å². The van der Waals surface area contributed by atoms with Crippen LogP contribution in [0.25, 0.3) is 0 Å². The third kappa shape index (κ3) is 3.20. The van der Waals surface area contributed by atoms with E-state index < -0.39 is 23.4 Å². The van der Waals surface area contributed by atoms with Crippen molar-refractivity contribution in [2.75, 3.05) is 7.11 Å². The molecule has 2 N–H and O–H groups in total. The standard InChI is InChI=1S/C13H18F3N3O2/c1-21-11(20)12(17)6-2-3-9(12)4-7-19-8-5-10(18-19)13(14,15)16/h5,8-9H,2-4,6-7,17H2,1H3. The molecule has 1 aromatic rings. The Morgan fingerprint density at radius 2 is 2.33 bits per heavy atom. The lowest BCUT2D eigenvalue weighted by atomic mass is 9.85. The number of nitrogens with two attached hydrogens (primary N) is 1. The van der Waals surface area contributed by atoms with Crippen molar-refractivity contribution in [3.05, 3.63) is 18.0 Å². The Bertz CT molecular complexity index is 515. The second-order valence-corrected chi connectivity index (χ2v) is 5.37. The molecular weight excluding hydrogens is 287 g/mol. The highest BCUT2D eigenvalue weighted by molar-refractivity contribution is 5.81. The van der Waals surface area contributed by atoms with Crippen molar-refractivity contribution in [2.24, 2.45) is 11.7 Å². The van der Waals surface area contributed by atoms with Gasteiger partial charge in [0.25, 0.3) is 0 Å². The summed E-state index contributed by atoms with van der Waals surface area (Å²) < 4.78 is 43.3. The monoisotopic (exact) mass is 305 g/mol. The van der Waals surface area contributed by atoms with E-state index in [9.17, 15) is 18.0 Å². The van der Waals surface area contributed by atoms with Crippen LogP contribution in [0.3, 0.4) is 0 Å². The zero-order valence-corrected chi connectivity index (χ0v) is 11.7. The number of aromatic nitrogens is 2. The third-order valence-electron chi connectivity index (χ3n) is 4.07. The molecule has 1 heterocycles. The summed E-state index contributed by atoms with van der Waals surface area (Å²) in [5.74, 6) is -0.565. The SMILES string of the molecule is COC(=O)C1(N)CCCC1CCn1ccc(C(F)(F)F)n1. The highest BCUT2D eigenvalue weighted by Gasteiger charge is 2.46. The second kappa shape index (κ2) is 5.67. The highest BCUT2D eigenvalue weighted by Crippen LogP contribution is 2.37. The van der Waals surface area contributed by atoms with Gasteiger partial charge in [-0.25, -0.2) is 0 Å². The first-order chi connectivity index (χ1) is 9.77. The second-order valence-electron chi connectivity index (χ2n) is 5.37. The fraction of sp³-hybridized carbons (Fsp3) is 0.692. The predicted molar refractivity (Wildman–Crippen MR) is 68.1 cm³/mol. The van der Waals surface area contributed by atoms with Gasteiger partial charge in [-0.3, -0.25) is 9.48 Å². The summed E-state index contributed by atoms with van der Waals surface area (Å²) >= 11 is 0. The quantitative estimate of drug-likeness (QED) is 0.863. The van der Waals surface area contributed by atoms with E-state index in [2.05, 4.69) is 5.10 Å². The maximum Gasteiger partial charge on any atom is 0.435 e. The number of ether oxygens (including phenoxy) is 1. The van der Waals surface area contributed by atoms with Crippen LogP contribution in [0, 0.1) is 5.92 Å². The summed E-state index contributed by atoms with van der Waals surface area (Å²) in [6.45, 7) is 0.288. The molecule has 0 amide bonds. The van der Waals surface area contributed by atoms with E-state index in [4.69, 9.17) is 10.5 Å². The summed E-state index contributed by atoms with van der Waals surface area (Å²) in [7, 11) is 1.29. The van der Waals surface area contributed by atoms with Gasteiger partial charge >= 0.3 is 12.1 Å². The molecule has 0 saturated heterocycles. The van der Waals surface area contributed by atoms with Crippen LogP contribution in [0.1, 0.15) is 31.4 Å². The Labute approximate surface area is 120 Å². The zero-order chi connectivity index (χ0) is 15.7. The van der Waals surface area contributed by atoms with Gasteiger partial charge in [0.2, 0.25) is 0 Å². The Balaban J connectivity index is 1.99. The number of hydrogen-bond donors (Lipinski definition) is 1.